The number of nitrogens with zero attached hydrogens (tertiary/aromatic N) is 1. The van der Waals surface area contributed by atoms with Crippen molar-refractivity contribution >= 4 is 21.6 Å². The summed E-state index contributed by atoms with van der Waals surface area (Å²) in [7, 11) is -3.61. The van der Waals surface area contributed by atoms with Gasteiger partial charge in [0.2, 0.25) is 22.7 Å². The summed E-state index contributed by atoms with van der Waals surface area (Å²) in [5, 5.41) is 2.71. The Morgan fingerprint density at radius 3 is 2.76 bits per heavy atom. The van der Waals surface area contributed by atoms with Crippen molar-refractivity contribution in [1.82, 2.24) is 5.32 Å². The molecule has 0 bridgehead atoms. The number of benzene rings is 1. The molecule has 1 N–H and O–H groups in total. The molecule has 0 spiro atoms. The van der Waals surface area contributed by atoms with E-state index in [-0.39, 0.29) is 25.0 Å². The number of fused-ring (bicyclic) bond motifs is 1. The zero-order valence-electron chi connectivity index (χ0n) is 14.5. The van der Waals surface area contributed by atoms with Gasteiger partial charge in [-0.05, 0) is 32.4 Å². The zero-order chi connectivity index (χ0) is 18.3. The first kappa shape index (κ1) is 19.3. The van der Waals surface area contributed by atoms with E-state index in [0.29, 0.717) is 43.4 Å². The Morgan fingerprint density at radius 1 is 1.28 bits per heavy atom. The summed E-state index contributed by atoms with van der Waals surface area (Å²) in [5.74, 6) is 0.536. The summed E-state index contributed by atoms with van der Waals surface area (Å²) in [6.07, 6.45) is 0.671. The lowest BCUT2D eigenvalue weighted by atomic mass is 10.3. The Kier molecular flexibility index (Phi) is 6.89. The average molecular weight is 372 g/mol. The number of amides is 1. The van der Waals surface area contributed by atoms with Gasteiger partial charge in [0.15, 0.2) is 11.5 Å². The molecule has 9 heteroatoms. The maximum atomic E-state index is 12.4. The summed E-state index contributed by atoms with van der Waals surface area (Å²) in [4.78, 5) is 12.1. The summed E-state index contributed by atoms with van der Waals surface area (Å²) < 4.78 is 41.6. The fraction of sp³-hybridized carbons (Fsp3) is 0.562. The Labute approximate surface area is 148 Å². The molecule has 8 nitrogen and oxygen atoms in total. The van der Waals surface area contributed by atoms with Crippen molar-refractivity contribution < 1.29 is 27.4 Å². The third-order valence-corrected chi connectivity index (χ3v) is 5.36. The topological polar surface area (TPSA) is 94.2 Å². The van der Waals surface area contributed by atoms with E-state index in [1.54, 1.807) is 18.2 Å². The SMILES string of the molecule is CCOCCCNC(=O)CN(c1ccc2c(c1)OCO2)S(=O)(=O)CC. The van der Waals surface area contributed by atoms with Crippen LogP contribution in [0.25, 0.3) is 0 Å². The van der Waals surface area contributed by atoms with Crippen molar-refractivity contribution in [3.05, 3.63) is 18.2 Å². The number of carbonyl (C=O) groups is 1. The van der Waals surface area contributed by atoms with Crippen LogP contribution in [0.3, 0.4) is 0 Å². The second-order valence-electron chi connectivity index (χ2n) is 5.35. The van der Waals surface area contributed by atoms with Gasteiger partial charge in [0.05, 0.1) is 11.4 Å². The molecule has 0 radical (unpaired) electrons. The standard InChI is InChI=1S/C16H24N2O6S/c1-3-22-9-5-8-17-16(19)11-18(25(20,21)4-2)13-6-7-14-15(10-13)24-12-23-14/h6-7,10H,3-5,8-9,11-12H2,1-2H3,(H,17,19). The van der Waals surface area contributed by atoms with Crippen LogP contribution >= 0.6 is 0 Å². The molecule has 2 rings (SSSR count). The molecule has 1 aromatic rings. The van der Waals surface area contributed by atoms with E-state index < -0.39 is 10.0 Å². The quantitative estimate of drug-likeness (QED) is 0.619. The van der Waals surface area contributed by atoms with Crippen LogP contribution in [0.1, 0.15) is 20.3 Å². The molecule has 1 aliphatic heterocycles. The van der Waals surface area contributed by atoms with Gasteiger partial charge in [0.1, 0.15) is 6.54 Å². The highest BCUT2D eigenvalue weighted by atomic mass is 32.2. The van der Waals surface area contributed by atoms with Gasteiger partial charge in [0.25, 0.3) is 0 Å². The van der Waals surface area contributed by atoms with Gasteiger partial charge in [-0.1, -0.05) is 0 Å². The van der Waals surface area contributed by atoms with Crippen molar-refractivity contribution in [2.75, 3.05) is 43.2 Å². The van der Waals surface area contributed by atoms with Gasteiger partial charge in [-0.2, -0.15) is 0 Å². The molecule has 1 amide bonds. The largest absolute Gasteiger partial charge is 0.454 e. The molecule has 1 heterocycles. The van der Waals surface area contributed by atoms with Gasteiger partial charge < -0.3 is 19.5 Å². The molecule has 0 aromatic heterocycles. The van der Waals surface area contributed by atoms with Crippen molar-refractivity contribution in [1.29, 1.82) is 0 Å². The van der Waals surface area contributed by atoms with E-state index in [1.807, 2.05) is 6.92 Å². The number of rotatable bonds is 10. The van der Waals surface area contributed by atoms with Crippen LogP contribution in [0, 0.1) is 0 Å². The molecule has 1 aromatic carbocycles. The summed E-state index contributed by atoms with van der Waals surface area (Å²) in [6, 6.07) is 4.80. The van der Waals surface area contributed by atoms with Gasteiger partial charge in [0, 0.05) is 25.8 Å². The lowest BCUT2D eigenvalue weighted by molar-refractivity contribution is -0.119. The normalized spacial score (nSPS) is 12.9. The predicted molar refractivity (Wildman–Crippen MR) is 93.5 cm³/mol. The molecule has 25 heavy (non-hydrogen) atoms. The molecule has 140 valence electrons. The third-order valence-electron chi connectivity index (χ3n) is 3.62. The molecule has 0 saturated heterocycles. The monoisotopic (exact) mass is 372 g/mol. The van der Waals surface area contributed by atoms with E-state index in [2.05, 4.69) is 5.32 Å². The first-order chi connectivity index (χ1) is 12.0. The lowest BCUT2D eigenvalue weighted by Crippen LogP contribution is -2.41. The molecular weight excluding hydrogens is 348 g/mol. The highest BCUT2D eigenvalue weighted by molar-refractivity contribution is 7.92. The van der Waals surface area contributed by atoms with E-state index in [1.165, 1.54) is 6.92 Å². The second-order valence-corrected chi connectivity index (χ2v) is 7.53. The second kappa shape index (κ2) is 8.91. The number of hydrogen-bond acceptors (Lipinski definition) is 6. The molecule has 0 fully saturated rings. The Morgan fingerprint density at radius 2 is 2.04 bits per heavy atom. The summed E-state index contributed by atoms with van der Waals surface area (Å²) in [6.45, 7) is 4.85. The van der Waals surface area contributed by atoms with Crippen LogP contribution in [0.15, 0.2) is 18.2 Å². The number of ether oxygens (including phenoxy) is 3. The number of anilines is 1. The Balaban J connectivity index is 2.05. The maximum absolute atomic E-state index is 12.4. The Bertz CT molecular complexity index is 692. The molecule has 0 aliphatic carbocycles. The highest BCUT2D eigenvalue weighted by Gasteiger charge is 2.25. The van der Waals surface area contributed by atoms with Gasteiger partial charge in [-0.25, -0.2) is 8.42 Å². The molecular formula is C16H24N2O6S. The van der Waals surface area contributed by atoms with Crippen molar-refractivity contribution in [2.45, 2.75) is 20.3 Å². The lowest BCUT2D eigenvalue weighted by Gasteiger charge is -2.23. The third kappa shape index (κ3) is 5.23. The summed E-state index contributed by atoms with van der Waals surface area (Å²) in [5.41, 5.74) is 0.371. The minimum atomic E-state index is -3.61. The van der Waals surface area contributed by atoms with E-state index in [4.69, 9.17) is 14.2 Å². The van der Waals surface area contributed by atoms with Crippen LogP contribution in [0.2, 0.25) is 0 Å². The van der Waals surface area contributed by atoms with Crippen LogP contribution < -0.4 is 19.1 Å². The number of nitrogens with one attached hydrogen (secondary N) is 1. The molecule has 0 saturated carbocycles. The molecule has 0 atom stereocenters. The van der Waals surface area contributed by atoms with Crippen LogP contribution in [-0.2, 0) is 19.6 Å². The minimum Gasteiger partial charge on any atom is -0.454 e. The smallest absolute Gasteiger partial charge is 0.240 e. The zero-order valence-corrected chi connectivity index (χ0v) is 15.3. The first-order valence-corrected chi connectivity index (χ1v) is 9.83. The van der Waals surface area contributed by atoms with Gasteiger partial charge in [-0.15, -0.1) is 0 Å². The molecule has 0 unspecified atom stereocenters. The van der Waals surface area contributed by atoms with Crippen molar-refractivity contribution in [2.24, 2.45) is 0 Å². The van der Waals surface area contributed by atoms with Gasteiger partial charge in [-0.3, -0.25) is 9.10 Å². The van der Waals surface area contributed by atoms with Crippen LogP contribution in [-0.4, -0.2) is 53.2 Å². The van der Waals surface area contributed by atoms with Crippen LogP contribution in [0.4, 0.5) is 5.69 Å². The van der Waals surface area contributed by atoms with Crippen molar-refractivity contribution in [3.8, 4) is 11.5 Å². The maximum Gasteiger partial charge on any atom is 0.240 e. The predicted octanol–water partition coefficient (Wildman–Crippen LogP) is 1.11. The number of carbonyl (C=O) groups excluding carboxylic acids is 1. The molecule has 1 aliphatic rings. The summed E-state index contributed by atoms with van der Waals surface area (Å²) >= 11 is 0. The number of hydrogen-bond donors (Lipinski definition) is 1. The van der Waals surface area contributed by atoms with E-state index in [9.17, 15) is 13.2 Å². The minimum absolute atomic E-state index is 0.0969. The first-order valence-electron chi connectivity index (χ1n) is 8.22. The van der Waals surface area contributed by atoms with E-state index >= 15 is 0 Å². The van der Waals surface area contributed by atoms with Crippen LogP contribution in [0.5, 0.6) is 11.5 Å². The van der Waals surface area contributed by atoms with Crippen molar-refractivity contribution in [3.63, 3.8) is 0 Å². The number of sulfonamides is 1. The fourth-order valence-corrected chi connectivity index (χ4v) is 3.34. The fourth-order valence-electron chi connectivity index (χ4n) is 2.28. The Hall–Kier alpha value is -2.00. The average Bonchev–Trinajstić information content (AvgIpc) is 3.07. The van der Waals surface area contributed by atoms with Gasteiger partial charge >= 0.3 is 0 Å². The van der Waals surface area contributed by atoms with E-state index in [0.717, 1.165) is 4.31 Å². The highest BCUT2D eigenvalue weighted by Crippen LogP contribution is 2.36.